The molecule has 2 aromatic rings. The third kappa shape index (κ3) is 4.45. The van der Waals surface area contributed by atoms with Crippen LogP contribution >= 0.6 is 0 Å². The Labute approximate surface area is 135 Å². The third-order valence-corrected chi connectivity index (χ3v) is 3.26. The van der Waals surface area contributed by atoms with Crippen molar-refractivity contribution in [3.63, 3.8) is 0 Å². The number of carbonyl (C=O) groups is 1. The first kappa shape index (κ1) is 16.8. The van der Waals surface area contributed by atoms with Gasteiger partial charge in [0.15, 0.2) is 17.6 Å². The third-order valence-electron chi connectivity index (χ3n) is 3.26. The van der Waals surface area contributed by atoms with E-state index >= 15 is 0 Å². The van der Waals surface area contributed by atoms with Gasteiger partial charge in [0, 0.05) is 5.69 Å². The number of amides is 1. The van der Waals surface area contributed by atoms with Crippen LogP contribution in [0, 0.1) is 12.7 Å². The minimum atomic E-state index is -0.749. The molecule has 0 bridgehead atoms. The van der Waals surface area contributed by atoms with E-state index in [1.54, 1.807) is 44.2 Å². The van der Waals surface area contributed by atoms with E-state index < -0.39 is 6.10 Å². The molecule has 0 saturated carbocycles. The second-order valence-corrected chi connectivity index (χ2v) is 5.09. The van der Waals surface area contributed by atoms with E-state index in [1.807, 2.05) is 13.0 Å². The summed E-state index contributed by atoms with van der Waals surface area (Å²) in [4.78, 5) is 12.2. The Bertz CT molecular complexity index is 688. The summed E-state index contributed by atoms with van der Waals surface area (Å²) in [6.07, 6.45) is -0.749. The number of ether oxygens (including phenoxy) is 2. The molecule has 0 aliphatic heterocycles. The monoisotopic (exact) mass is 317 g/mol. The van der Waals surface area contributed by atoms with E-state index in [0.29, 0.717) is 29.4 Å². The summed E-state index contributed by atoms with van der Waals surface area (Å²) < 4.78 is 24.6. The van der Waals surface area contributed by atoms with Gasteiger partial charge in [-0.2, -0.15) is 0 Å². The number of nitrogens with one attached hydrogen (secondary N) is 1. The van der Waals surface area contributed by atoms with Crippen LogP contribution in [0.15, 0.2) is 42.5 Å². The van der Waals surface area contributed by atoms with Crippen LogP contribution in [0.2, 0.25) is 0 Å². The molecule has 0 heterocycles. The van der Waals surface area contributed by atoms with Gasteiger partial charge in [-0.05, 0) is 50.6 Å². The van der Waals surface area contributed by atoms with E-state index in [2.05, 4.69) is 5.32 Å². The van der Waals surface area contributed by atoms with Crippen LogP contribution in [0.25, 0.3) is 0 Å². The number of carbonyl (C=O) groups excluding carboxylic acids is 1. The average Bonchev–Trinajstić information content (AvgIpc) is 2.53. The van der Waals surface area contributed by atoms with Gasteiger partial charge < -0.3 is 14.8 Å². The van der Waals surface area contributed by atoms with E-state index in [9.17, 15) is 9.18 Å². The van der Waals surface area contributed by atoms with Crippen molar-refractivity contribution in [2.75, 3.05) is 11.9 Å². The summed E-state index contributed by atoms with van der Waals surface area (Å²) >= 11 is 0. The van der Waals surface area contributed by atoms with Gasteiger partial charge in [0.05, 0.1) is 6.61 Å². The summed E-state index contributed by atoms with van der Waals surface area (Å²) in [6, 6.07) is 11.7. The summed E-state index contributed by atoms with van der Waals surface area (Å²) in [7, 11) is 0. The molecule has 5 heteroatoms. The Morgan fingerprint density at radius 1 is 1.22 bits per heavy atom. The predicted molar refractivity (Wildman–Crippen MR) is 87.5 cm³/mol. The van der Waals surface area contributed by atoms with Crippen molar-refractivity contribution in [2.24, 2.45) is 0 Å². The van der Waals surface area contributed by atoms with E-state index in [1.165, 1.54) is 6.07 Å². The first-order valence-corrected chi connectivity index (χ1v) is 7.46. The maximum absolute atomic E-state index is 13.5. The van der Waals surface area contributed by atoms with E-state index in [0.717, 1.165) is 0 Å². The van der Waals surface area contributed by atoms with Crippen LogP contribution < -0.4 is 14.8 Å². The molecule has 0 saturated heterocycles. The molecule has 1 N–H and O–H groups in total. The van der Waals surface area contributed by atoms with Gasteiger partial charge in [-0.25, -0.2) is 4.39 Å². The average molecular weight is 317 g/mol. The highest BCUT2D eigenvalue weighted by atomic mass is 19.1. The van der Waals surface area contributed by atoms with E-state index in [-0.39, 0.29) is 11.7 Å². The van der Waals surface area contributed by atoms with Gasteiger partial charge in [-0.15, -0.1) is 0 Å². The fourth-order valence-electron chi connectivity index (χ4n) is 1.98. The van der Waals surface area contributed by atoms with Crippen molar-refractivity contribution >= 4 is 11.6 Å². The number of benzene rings is 2. The zero-order valence-electron chi connectivity index (χ0n) is 13.4. The lowest BCUT2D eigenvalue weighted by Gasteiger charge is -2.17. The molecule has 0 unspecified atom stereocenters. The largest absolute Gasteiger partial charge is 0.490 e. The molecule has 1 atom stereocenters. The molecular formula is C18H20FNO3. The summed E-state index contributed by atoms with van der Waals surface area (Å²) in [5.74, 6) is 0.348. The molecule has 4 nitrogen and oxygen atoms in total. The van der Waals surface area contributed by atoms with Crippen molar-refractivity contribution in [1.82, 2.24) is 0 Å². The fraction of sp³-hybridized carbons (Fsp3) is 0.278. The number of aryl methyl sites for hydroxylation is 1. The number of rotatable bonds is 6. The van der Waals surface area contributed by atoms with Gasteiger partial charge >= 0.3 is 0 Å². The van der Waals surface area contributed by atoms with Crippen LogP contribution in [0.1, 0.15) is 19.4 Å². The van der Waals surface area contributed by atoms with Gasteiger partial charge in [0.1, 0.15) is 5.82 Å². The maximum Gasteiger partial charge on any atom is 0.265 e. The molecule has 1 amide bonds. The Balaban J connectivity index is 2.04. The Hall–Kier alpha value is -2.56. The lowest BCUT2D eigenvalue weighted by atomic mass is 10.2. The Kier molecular flexibility index (Phi) is 5.57. The van der Waals surface area contributed by atoms with Gasteiger partial charge in [-0.1, -0.05) is 18.2 Å². The second-order valence-electron chi connectivity index (χ2n) is 5.09. The Morgan fingerprint density at radius 2 is 1.91 bits per heavy atom. The maximum atomic E-state index is 13.5. The van der Waals surface area contributed by atoms with Gasteiger partial charge in [0.25, 0.3) is 5.91 Å². The number of para-hydroxylation sites is 2. The molecule has 2 rings (SSSR count). The highest BCUT2D eigenvalue weighted by Gasteiger charge is 2.17. The Morgan fingerprint density at radius 3 is 2.57 bits per heavy atom. The SMILES string of the molecule is CCOc1ccccc1O[C@@H](C)C(=O)Nc1ccc(C)c(F)c1. The standard InChI is InChI=1S/C18H20FNO3/c1-4-22-16-7-5-6-8-17(16)23-13(3)18(21)20-14-10-9-12(2)15(19)11-14/h5-11,13H,4H2,1-3H3,(H,20,21)/t13-/m0/s1. The van der Waals surface area contributed by atoms with Crippen molar-refractivity contribution in [3.8, 4) is 11.5 Å². The minimum Gasteiger partial charge on any atom is -0.490 e. The lowest BCUT2D eigenvalue weighted by Crippen LogP contribution is -2.30. The van der Waals surface area contributed by atoms with Crippen LogP contribution in [-0.4, -0.2) is 18.6 Å². The fourth-order valence-corrected chi connectivity index (χ4v) is 1.98. The van der Waals surface area contributed by atoms with Crippen molar-refractivity contribution < 1.29 is 18.7 Å². The molecule has 0 radical (unpaired) electrons. The van der Waals surface area contributed by atoms with Gasteiger partial charge in [-0.3, -0.25) is 4.79 Å². The van der Waals surface area contributed by atoms with Crippen LogP contribution in [0.4, 0.5) is 10.1 Å². The van der Waals surface area contributed by atoms with Crippen LogP contribution in [0.3, 0.4) is 0 Å². The number of halogens is 1. The molecule has 2 aromatic carbocycles. The molecule has 0 aliphatic carbocycles. The minimum absolute atomic E-state index is 0.362. The normalized spacial score (nSPS) is 11.7. The molecule has 0 aliphatic rings. The quantitative estimate of drug-likeness (QED) is 0.878. The number of hydrogen-bond donors (Lipinski definition) is 1. The second kappa shape index (κ2) is 7.63. The van der Waals surface area contributed by atoms with Crippen molar-refractivity contribution in [3.05, 3.63) is 53.8 Å². The summed E-state index contributed by atoms with van der Waals surface area (Å²) in [5.41, 5.74) is 0.921. The summed E-state index contributed by atoms with van der Waals surface area (Å²) in [6.45, 7) is 5.67. The molecule has 0 spiro atoms. The smallest absolute Gasteiger partial charge is 0.265 e. The highest BCUT2D eigenvalue weighted by molar-refractivity contribution is 5.94. The molecule has 0 aromatic heterocycles. The lowest BCUT2D eigenvalue weighted by molar-refractivity contribution is -0.122. The molecule has 23 heavy (non-hydrogen) atoms. The predicted octanol–water partition coefficient (Wildman–Crippen LogP) is 3.94. The van der Waals surface area contributed by atoms with E-state index in [4.69, 9.17) is 9.47 Å². The van der Waals surface area contributed by atoms with Crippen LogP contribution in [0.5, 0.6) is 11.5 Å². The zero-order chi connectivity index (χ0) is 16.8. The first-order valence-electron chi connectivity index (χ1n) is 7.46. The summed E-state index contributed by atoms with van der Waals surface area (Å²) in [5, 5.41) is 2.64. The molecular weight excluding hydrogens is 297 g/mol. The molecule has 122 valence electrons. The zero-order valence-corrected chi connectivity index (χ0v) is 13.4. The van der Waals surface area contributed by atoms with Crippen molar-refractivity contribution in [1.29, 1.82) is 0 Å². The van der Waals surface area contributed by atoms with Crippen LogP contribution in [-0.2, 0) is 4.79 Å². The van der Waals surface area contributed by atoms with Gasteiger partial charge in [0.2, 0.25) is 0 Å². The molecule has 0 fully saturated rings. The topological polar surface area (TPSA) is 47.6 Å². The number of anilines is 1. The number of hydrogen-bond acceptors (Lipinski definition) is 3. The highest BCUT2D eigenvalue weighted by Crippen LogP contribution is 2.27. The first-order chi connectivity index (χ1) is 11.0. The van der Waals surface area contributed by atoms with Crippen molar-refractivity contribution in [2.45, 2.75) is 26.9 Å².